The lowest BCUT2D eigenvalue weighted by Gasteiger charge is -2.03. The summed E-state index contributed by atoms with van der Waals surface area (Å²) in [6, 6.07) is 7.03. The highest BCUT2D eigenvalue weighted by Crippen LogP contribution is 2.22. The molecule has 0 nitrogen and oxygen atoms in total. The highest BCUT2D eigenvalue weighted by Gasteiger charge is 2.00. The fourth-order valence-corrected chi connectivity index (χ4v) is 2.58. The molecule has 1 rings (SSSR count). The van der Waals surface area contributed by atoms with E-state index in [-0.39, 0.29) is 5.82 Å². The van der Waals surface area contributed by atoms with Crippen LogP contribution in [0.25, 0.3) is 0 Å². The molecule has 1 aromatic rings. The van der Waals surface area contributed by atoms with Gasteiger partial charge in [-0.15, -0.1) is 11.8 Å². The van der Waals surface area contributed by atoms with Crippen LogP contribution in [0.3, 0.4) is 0 Å². The van der Waals surface area contributed by atoms with Gasteiger partial charge in [0, 0.05) is 4.90 Å². The first-order valence-corrected chi connectivity index (χ1v) is 7.20. The number of hydrogen-bond acceptors (Lipinski definition) is 1. The number of benzene rings is 1. The molecule has 0 aliphatic rings. The van der Waals surface area contributed by atoms with Gasteiger partial charge in [-0.3, -0.25) is 0 Å². The van der Waals surface area contributed by atoms with Gasteiger partial charge in [-0.2, -0.15) is 0 Å². The molecule has 0 radical (unpaired) electrons. The molecule has 0 fully saturated rings. The molecule has 0 amide bonds. The number of hydrogen-bond donors (Lipinski definition) is 0. The summed E-state index contributed by atoms with van der Waals surface area (Å²) in [5.41, 5.74) is 0. The first-order valence-electron chi connectivity index (χ1n) is 6.22. The summed E-state index contributed by atoms with van der Waals surface area (Å²) in [5, 5.41) is 0. The summed E-state index contributed by atoms with van der Waals surface area (Å²) in [7, 11) is 0. The van der Waals surface area contributed by atoms with Crippen molar-refractivity contribution in [1.82, 2.24) is 0 Å². The van der Waals surface area contributed by atoms with E-state index in [4.69, 9.17) is 0 Å². The normalized spacial score (nSPS) is 10.6. The molecule has 0 bridgehead atoms. The van der Waals surface area contributed by atoms with Gasteiger partial charge in [0.25, 0.3) is 0 Å². The van der Waals surface area contributed by atoms with E-state index in [0.29, 0.717) is 0 Å². The highest BCUT2D eigenvalue weighted by molar-refractivity contribution is 7.99. The maximum Gasteiger partial charge on any atom is 0.136 e. The molecule has 0 unspecified atom stereocenters. The first kappa shape index (κ1) is 13.6. The lowest BCUT2D eigenvalue weighted by Crippen LogP contribution is -1.85. The van der Waals surface area contributed by atoms with Gasteiger partial charge in [-0.1, -0.05) is 51.2 Å². The second-order valence-corrected chi connectivity index (χ2v) is 5.18. The highest BCUT2D eigenvalue weighted by atomic mass is 32.2. The summed E-state index contributed by atoms with van der Waals surface area (Å²) in [6.07, 6.45) is 7.79. The Balaban J connectivity index is 2.05. The van der Waals surface area contributed by atoms with E-state index in [2.05, 4.69) is 6.92 Å². The summed E-state index contributed by atoms with van der Waals surface area (Å²) in [6.45, 7) is 2.23. The molecular formula is C14H21FS. The zero-order valence-corrected chi connectivity index (χ0v) is 10.9. The molecule has 2 heteroatoms. The molecule has 1 aromatic carbocycles. The minimum absolute atomic E-state index is 0.0847. The molecule has 0 aromatic heterocycles. The second kappa shape index (κ2) is 8.63. The van der Waals surface area contributed by atoms with Crippen molar-refractivity contribution in [1.29, 1.82) is 0 Å². The van der Waals surface area contributed by atoms with E-state index in [1.807, 2.05) is 12.1 Å². The van der Waals surface area contributed by atoms with E-state index >= 15 is 0 Å². The molecule has 90 valence electrons. The molecule has 0 aliphatic carbocycles. The van der Waals surface area contributed by atoms with Gasteiger partial charge in [0.2, 0.25) is 0 Å². The predicted molar refractivity (Wildman–Crippen MR) is 70.5 cm³/mol. The van der Waals surface area contributed by atoms with Crippen LogP contribution in [0, 0.1) is 5.82 Å². The second-order valence-electron chi connectivity index (χ2n) is 4.05. The SMILES string of the molecule is CCCCCCCCSc1ccccc1F. The average Bonchev–Trinajstić information content (AvgIpc) is 2.30. The van der Waals surface area contributed by atoms with Crippen molar-refractivity contribution in [3.8, 4) is 0 Å². The quantitative estimate of drug-likeness (QED) is 0.440. The van der Waals surface area contributed by atoms with Gasteiger partial charge in [-0.25, -0.2) is 4.39 Å². The minimum Gasteiger partial charge on any atom is -0.206 e. The van der Waals surface area contributed by atoms with Crippen LogP contribution >= 0.6 is 11.8 Å². The zero-order chi connectivity index (χ0) is 11.6. The number of rotatable bonds is 8. The Kier molecular flexibility index (Phi) is 7.32. The van der Waals surface area contributed by atoms with Crippen molar-refractivity contribution in [2.75, 3.05) is 5.75 Å². The zero-order valence-electron chi connectivity index (χ0n) is 10.0. The maximum atomic E-state index is 13.2. The van der Waals surface area contributed by atoms with Crippen LogP contribution in [0.15, 0.2) is 29.2 Å². The molecule has 0 spiro atoms. The Morgan fingerprint density at radius 2 is 1.69 bits per heavy atom. The van der Waals surface area contributed by atoms with Gasteiger partial charge >= 0.3 is 0 Å². The maximum absolute atomic E-state index is 13.2. The van der Waals surface area contributed by atoms with E-state index in [1.54, 1.807) is 17.8 Å². The van der Waals surface area contributed by atoms with Crippen molar-refractivity contribution in [2.45, 2.75) is 50.3 Å². The van der Waals surface area contributed by atoms with Crippen molar-refractivity contribution in [3.63, 3.8) is 0 Å². The predicted octanol–water partition coefficient (Wildman–Crippen LogP) is 5.28. The van der Waals surface area contributed by atoms with Crippen LogP contribution < -0.4 is 0 Å². The van der Waals surface area contributed by atoms with Crippen LogP contribution in [0.1, 0.15) is 45.4 Å². The smallest absolute Gasteiger partial charge is 0.136 e. The third-order valence-corrected chi connectivity index (χ3v) is 3.73. The molecule has 0 atom stereocenters. The first-order chi connectivity index (χ1) is 7.84. The van der Waals surface area contributed by atoms with Crippen molar-refractivity contribution >= 4 is 11.8 Å². The van der Waals surface area contributed by atoms with Crippen LogP contribution in [-0.2, 0) is 0 Å². The van der Waals surface area contributed by atoms with Gasteiger partial charge in [0.05, 0.1) is 0 Å². The minimum atomic E-state index is -0.0847. The third-order valence-electron chi connectivity index (χ3n) is 2.59. The van der Waals surface area contributed by atoms with Crippen LogP contribution in [0.5, 0.6) is 0 Å². The Labute approximate surface area is 103 Å². The molecular weight excluding hydrogens is 219 g/mol. The Hall–Kier alpha value is -0.500. The van der Waals surface area contributed by atoms with Crippen molar-refractivity contribution in [3.05, 3.63) is 30.1 Å². The Morgan fingerprint density at radius 3 is 2.44 bits per heavy atom. The van der Waals surface area contributed by atoms with E-state index in [9.17, 15) is 4.39 Å². The number of halogens is 1. The summed E-state index contributed by atoms with van der Waals surface area (Å²) < 4.78 is 13.2. The Morgan fingerprint density at radius 1 is 1.00 bits per heavy atom. The van der Waals surface area contributed by atoms with Crippen LogP contribution in [0.2, 0.25) is 0 Å². The third kappa shape index (κ3) is 5.55. The van der Waals surface area contributed by atoms with Gasteiger partial charge < -0.3 is 0 Å². The molecule has 0 heterocycles. The molecule has 0 N–H and O–H groups in total. The number of thioether (sulfide) groups is 1. The summed E-state index contributed by atoms with van der Waals surface area (Å²) in [5.74, 6) is 0.950. The van der Waals surface area contributed by atoms with E-state index in [1.165, 1.54) is 44.6 Å². The fraction of sp³-hybridized carbons (Fsp3) is 0.571. The largest absolute Gasteiger partial charge is 0.206 e. The molecule has 0 aliphatic heterocycles. The summed E-state index contributed by atoms with van der Waals surface area (Å²) in [4.78, 5) is 0.788. The van der Waals surface area contributed by atoms with Crippen molar-refractivity contribution < 1.29 is 4.39 Å². The van der Waals surface area contributed by atoms with E-state index < -0.39 is 0 Å². The number of unbranched alkanes of at least 4 members (excludes halogenated alkanes) is 5. The lowest BCUT2D eigenvalue weighted by molar-refractivity contribution is 0.601. The monoisotopic (exact) mass is 240 g/mol. The summed E-state index contributed by atoms with van der Waals surface area (Å²) >= 11 is 1.64. The van der Waals surface area contributed by atoms with Gasteiger partial charge in [0.15, 0.2) is 0 Å². The van der Waals surface area contributed by atoms with Gasteiger partial charge in [-0.05, 0) is 24.3 Å². The topological polar surface area (TPSA) is 0 Å². The van der Waals surface area contributed by atoms with Crippen LogP contribution in [0.4, 0.5) is 4.39 Å². The molecule has 16 heavy (non-hydrogen) atoms. The average molecular weight is 240 g/mol. The molecule has 0 saturated heterocycles. The molecule has 0 saturated carbocycles. The van der Waals surface area contributed by atoms with E-state index in [0.717, 1.165) is 10.6 Å². The van der Waals surface area contributed by atoms with Gasteiger partial charge in [0.1, 0.15) is 5.82 Å². The fourth-order valence-electron chi connectivity index (χ4n) is 1.63. The van der Waals surface area contributed by atoms with Crippen LogP contribution in [-0.4, -0.2) is 5.75 Å². The Bertz CT molecular complexity index is 286. The standard InChI is InChI=1S/C14H21FS/c1-2-3-4-5-6-9-12-16-14-11-8-7-10-13(14)15/h7-8,10-11H,2-6,9,12H2,1H3. The lowest BCUT2D eigenvalue weighted by atomic mass is 10.1. The van der Waals surface area contributed by atoms with Crippen molar-refractivity contribution in [2.24, 2.45) is 0 Å².